The summed E-state index contributed by atoms with van der Waals surface area (Å²) in [5.41, 5.74) is 4.65. The van der Waals surface area contributed by atoms with Gasteiger partial charge in [-0.2, -0.15) is 12.7 Å². The molecule has 116 valence electrons. The predicted molar refractivity (Wildman–Crippen MR) is 74.6 cm³/mol. The van der Waals surface area contributed by atoms with E-state index in [1.165, 1.54) is 23.5 Å². The molecule has 7 nitrogen and oxygen atoms in total. The van der Waals surface area contributed by atoms with E-state index >= 15 is 0 Å². The fraction of sp³-hybridized carbons (Fsp3) is 0.417. The minimum Gasteiger partial charge on any atom is -0.379 e. The van der Waals surface area contributed by atoms with E-state index in [-0.39, 0.29) is 37.6 Å². The van der Waals surface area contributed by atoms with Gasteiger partial charge in [-0.25, -0.2) is 4.39 Å². The quantitative estimate of drug-likeness (QED) is 0.842. The summed E-state index contributed by atoms with van der Waals surface area (Å²) >= 11 is 0. The first kappa shape index (κ1) is 15.7. The standard InChI is InChI=1S/C12H16FN3O4S/c1-15(21(18,19)16-5-7-20-8-6-16)11-9(12(14)17)3-2-4-10(11)13/h2-4H,5-8H2,1H3,(H2,14,17). The fourth-order valence-corrected chi connectivity index (χ4v) is 3.47. The zero-order valence-corrected chi connectivity index (χ0v) is 12.3. The number of morpholine rings is 1. The number of hydrogen-bond donors (Lipinski definition) is 1. The summed E-state index contributed by atoms with van der Waals surface area (Å²) in [7, 11) is -2.76. The van der Waals surface area contributed by atoms with Crippen molar-refractivity contribution in [1.82, 2.24) is 4.31 Å². The number of nitrogens with two attached hydrogens (primary N) is 1. The number of carbonyl (C=O) groups is 1. The molecule has 2 N–H and O–H groups in total. The molecule has 0 spiro atoms. The lowest BCUT2D eigenvalue weighted by molar-refractivity contribution is 0.0729. The minimum atomic E-state index is -3.95. The van der Waals surface area contributed by atoms with Crippen molar-refractivity contribution >= 4 is 21.8 Å². The zero-order valence-electron chi connectivity index (χ0n) is 11.5. The Hall–Kier alpha value is -1.71. The van der Waals surface area contributed by atoms with Crippen molar-refractivity contribution in [2.24, 2.45) is 5.73 Å². The highest BCUT2D eigenvalue weighted by Gasteiger charge is 2.32. The Kier molecular flexibility index (Phi) is 4.45. The van der Waals surface area contributed by atoms with Crippen molar-refractivity contribution in [1.29, 1.82) is 0 Å². The summed E-state index contributed by atoms with van der Waals surface area (Å²) in [6.45, 7) is 0.889. The van der Waals surface area contributed by atoms with E-state index in [0.29, 0.717) is 0 Å². The lowest BCUT2D eigenvalue weighted by Gasteiger charge is -2.31. The molecule has 9 heteroatoms. The monoisotopic (exact) mass is 317 g/mol. The number of carbonyl (C=O) groups excluding carboxylic acids is 1. The maximum Gasteiger partial charge on any atom is 0.304 e. The van der Waals surface area contributed by atoms with Crippen LogP contribution in [0.5, 0.6) is 0 Å². The van der Waals surface area contributed by atoms with Gasteiger partial charge in [-0.3, -0.25) is 9.10 Å². The molecule has 0 atom stereocenters. The van der Waals surface area contributed by atoms with E-state index in [1.807, 2.05) is 0 Å². The first-order valence-corrected chi connectivity index (χ1v) is 7.65. The molecule has 0 radical (unpaired) electrons. The van der Waals surface area contributed by atoms with Crippen LogP contribution in [-0.2, 0) is 14.9 Å². The van der Waals surface area contributed by atoms with E-state index in [0.717, 1.165) is 10.4 Å². The summed E-state index contributed by atoms with van der Waals surface area (Å²) in [5.74, 6) is -1.72. The van der Waals surface area contributed by atoms with Crippen LogP contribution in [-0.4, -0.2) is 52.0 Å². The van der Waals surface area contributed by atoms with E-state index in [9.17, 15) is 17.6 Å². The maximum absolute atomic E-state index is 14.0. The highest BCUT2D eigenvalue weighted by Crippen LogP contribution is 2.27. The summed E-state index contributed by atoms with van der Waals surface area (Å²) < 4.78 is 46.0. The van der Waals surface area contributed by atoms with Gasteiger partial charge >= 0.3 is 10.2 Å². The lowest BCUT2D eigenvalue weighted by atomic mass is 10.1. The minimum absolute atomic E-state index is 0.174. The molecule has 0 bridgehead atoms. The molecule has 1 aromatic rings. The Bertz CT molecular complexity index is 644. The molecule has 1 amide bonds. The average molecular weight is 317 g/mol. The van der Waals surface area contributed by atoms with Crippen LogP contribution in [0.1, 0.15) is 10.4 Å². The van der Waals surface area contributed by atoms with E-state index < -0.39 is 21.9 Å². The number of halogens is 1. The van der Waals surface area contributed by atoms with Crippen LogP contribution in [0.15, 0.2) is 18.2 Å². The second kappa shape index (κ2) is 5.96. The molecule has 2 rings (SSSR count). The van der Waals surface area contributed by atoms with Crippen LogP contribution in [0, 0.1) is 5.82 Å². The Balaban J connectivity index is 2.44. The highest BCUT2D eigenvalue weighted by atomic mass is 32.2. The summed E-state index contributed by atoms with van der Waals surface area (Å²) in [6, 6.07) is 3.66. The molecule has 1 aliphatic rings. The van der Waals surface area contributed by atoms with Gasteiger partial charge in [0, 0.05) is 20.1 Å². The van der Waals surface area contributed by atoms with Gasteiger partial charge in [-0.15, -0.1) is 0 Å². The Labute approximate surface area is 122 Å². The number of ether oxygens (including phenoxy) is 1. The van der Waals surface area contributed by atoms with E-state index in [1.54, 1.807) is 0 Å². The molecule has 0 aromatic heterocycles. The predicted octanol–water partition coefficient (Wildman–Crippen LogP) is -0.0622. The van der Waals surface area contributed by atoms with Gasteiger partial charge in [-0.05, 0) is 12.1 Å². The summed E-state index contributed by atoms with van der Waals surface area (Å²) in [6.07, 6.45) is 0. The summed E-state index contributed by atoms with van der Waals surface area (Å²) in [4.78, 5) is 11.4. The summed E-state index contributed by atoms with van der Waals surface area (Å²) in [5, 5.41) is 0. The first-order valence-electron chi connectivity index (χ1n) is 6.25. The van der Waals surface area contributed by atoms with E-state index in [2.05, 4.69) is 0 Å². The van der Waals surface area contributed by atoms with E-state index in [4.69, 9.17) is 10.5 Å². The molecule has 1 fully saturated rings. The average Bonchev–Trinajstić information content (AvgIpc) is 2.47. The third-order valence-electron chi connectivity index (χ3n) is 3.21. The van der Waals surface area contributed by atoms with Crippen LogP contribution in [0.2, 0.25) is 0 Å². The maximum atomic E-state index is 14.0. The Morgan fingerprint density at radius 3 is 2.57 bits per heavy atom. The van der Waals surface area contributed by atoms with Gasteiger partial charge in [0.05, 0.1) is 18.8 Å². The number of hydrogen-bond acceptors (Lipinski definition) is 4. The van der Waals surface area contributed by atoms with Gasteiger partial charge in [0.2, 0.25) is 0 Å². The van der Waals surface area contributed by atoms with Gasteiger partial charge < -0.3 is 10.5 Å². The number of benzene rings is 1. The van der Waals surface area contributed by atoms with Crippen molar-refractivity contribution in [3.05, 3.63) is 29.6 Å². The van der Waals surface area contributed by atoms with Crippen molar-refractivity contribution in [3.8, 4) is 0 Å². The second-order valence-electron chi connectivity index (χ2n) is 4.49. The lowest BCUT2D eigenvalue weighted by Crippen LogP contribution is -2.48. The normalized spacial score (nSPS) is 16.7. The zero-order chi connectivity index (χ0) is 15.6. The smallest absolute Gasteiger partial charge is 0.304 e. The molecule has 0 unspecified atom stereocenters. The third-order valence-corrected chi connectivity index (χ3v) is 5.10. The molecule has 1 aliphatic heterocycles. The van der Waals surface area contributed by atoms with Crippen LogP contribution >= 0.6 is 0 Å². The number of amides is 1. The topological polar surface area (TPSA) is 92.9 Å². The molecule has 0 aliphatic carbocycles. The third kappa shape index (κ3) is 2.99. The van der Waals surface area contributed by atoms with Crippen molar-refractivity contribution in [2.75, 3.05) is 37.7 Å². The molecule has 0 saturated carbocycles. The number of para-hydroxylation sites is 1. The van der Waals surface area contributed by atoms with Crippen molar-refractivity contribution in [3.63, 3.8) is 0 Å². The molecule has 1 heterocycles. The molecular formula is C12H16FN3O4S. The van der Waals surface area contributed by atoms with Crippen LogP contribution < -0.4 is 10.0 Å². The van der Waals surface area contributed by atoms with Crippen molar-refractivity contribution in [2.45, 2.75) is 0 Å². The van der Waals surface area contributed by atoms with Gasteiger partial charge in [0.15, 0.2) is 0 Å². The molecule has 1 aromatic carbocycles. The number of nitrogens with zero attached hydrogens (tertiary/aromatic N) is 2. The highest BCUT2D eigenvalue weighted by molar-refractivity contribution is 7.90. The van der Waals surface area contributed by atoms with Crippen LogP contribution in [0.4, 0.5) is 10.1 Å². The molecular weight excluding hydrogens is 301 g/mol. The van der Waals surface area contributed by atoms with Gasteiger partial charge in [-0.1, -0.05) is 6.07 Å². The van der Waals surface area contributed by atoms with Crippen molar-refractivity contribution < 1.29 is 22.3 Å². The Morgan fingerprint density at radius 2 is 2.00 bits per heavy atom. The molecule has 1 saturated heterocycles. The Morgan fingerprint density at radius 1 is 1.38 bits per heavy atom. The number of anilines is 1. The number of rotatable bonds is 4. The van der Waals surface area contributed by atoms with Gasteiger partial charge in [0.25, 0.3) is 5.91 Å². The number of primary amides is 1. The van der Waals surface area contributed by atoms with Crippen LogP contribution in [0.25, 0.3) is 0 Å². The largest absolute Gasteiger partial charge is 0.379 e. The molecule has 21 heavy (non-hydrogen) atoms. The van der Waals surface area contributed by atoms with Gasteiger partial charge in [0.1, 0.15) is 11.5 Å². The first-order chi connectivity index (χ1) is 9.85. The second-order valence-corrected chi connectivity index (χ2v) is 6.45. The fourth-order valence-electron chi connectivity index (χ4n) is 2.10. The van der Waals surface area contributed by atoms with Crippen LogP contribution in [0.3, 0.4) is 0 Å². The SMILES string of the molecule is CN(c1c(F)cccc1C(N)=O)S(=O)(=O)N1CCOCC1.